The van der Waals surface area contributed by atoms with Gasteiger partial charge in [-0.05, 0) is 32.9 Å². The van der Waals surface area contributed by atoms with Gasteiger partial charge in [-0.15, -0.1) is 0 Å². The molecule has 21 heavy (non-hydrogen) atoms. The molecule has 5 heteroatoms. The number of nitrogens with zero attached hydrogens (tertiary/aromatic N) is 1. The van der Waals surface area contributed by atoms with Crippen molar-refractivity contribution >= 4 is 11.7 Å². The summed E-state index contributed by atoms with van der Waals surface area (Å²) in [5.74, 6) is -0.917. The van der Waals surface area contributed by atoms with Crippen LogP contribution in [0.5, 0.6) is 0 Å². The molecular formula is C16H17FN2O2. The van der Waals surface area contributed by atoms with Gasteiger partial charge in [0.15, 0.2) is 5.82 Å². The zero-order valence-corrected chi connectivity index (χ0v) is 12.2. The van der Waals surface area contributed by atoms with Crippen molar-refractivity contribution in [3.05, 3.63) is 47.9 Å². The summed E-state index contributed by atoms with van der Waals surface area (Å²) in [6.07, 6.45) is 1.39. The summed E-state index contributed by atoms with van der Waals surface area (Å²) in [6, 6.07) is 7.63. The van der Waals surface area contributed by atoms with Crippen LogP contribution in [0, 0.1) is 5.82 Å². The van der Waals surface area contributed by atoms with Gasteiger partial charge >= 0.3 is 5.97 Å². The number of esters is 1. The van der Waals surface area contributed by atoms with Gasteiger partial charge in [-0.3, -0.25) is 4.98 Å². The fourth-order valence-corrected chi connectivity index (χ4v) is 1.77. The fourth-order valence-electron chi connectivity index (χ4n) is 1.77. The number of benzene rings is 1. The summed E-state index contributed by atoms with van der Waals surface area (Å²) in [7, 11) is 0. The Hall–Kier alpha value is -2.43. The first kappa shape index (κ1) is 15.0. The highest BCUT2D eigenvalue weighted by molar-refractivity contribution is 5.90. The van der Waals surface area contributed by atoms with Crippen molar-refractivity contribution in [1.82, 2.24) is 4.98 Å². The number of ether oxygens (including phenoxy) is 1. The summed E-state index contributed by atoms with van der Waals surface area (Å²) in [6.45, 7) is 5.40. The van der Waals surface area contributed by atoms with Crippen LogP contribution >= 0.6 is 0 Å². The normalized spacial score (nSPS) is 11.2. The fraction of sp³-hybridized carbons (Fsp3) is 0.250. The molecular weight excluding hydrogens is 271 g/mol. The molecule has 1 aromatic heterocycles. The molecule has 0 amide bonds. The zero-order valence-electron chi connectivity index (χ0n) is 12.2. The second-order valence-corrected chi connectivity index (χ2v) is 5.68. The number of anilines is 1. The first-order valence-corrected chi connectivity index (χ1v) is 6.51. The summed E-state index contributed by atoms with van der Waals surface area (Å²) < 4.78 is 19.0. The highest BCUT2D eigenvalue weighted by Crippen LogP contribution is 2.22. The summed E-state index contributed by atoms with van der Waals surface area (Å²) in [5, 5.41) is 0. The Kier molecular flexibility index (Phi) is 3.93. The third-order valence-corrected chi connectivity index (χ3v) is 2.66. The van der Waals surface area contributed by atoms with Crippen molar-refractivity contribution in [3.8, 4) is 11.3 Å². The van der Waals surface area contributed by atoms with Crippen molar-refractivity contribution in [2.75, 3.05) is 5.73 Å². The molecule has 0 aliphatic rings. The number of halogens is 1. The Morgan fingerprint density at radius 1 is 1.24 bits per heavy atom. The minimum Gasteiger partial charge on any atom is -0.456 e. The van der Waals surface area contributed by atoms with E-state index in [0.717, 1.165) is 0 Å². The van der Waals surface area contributed by atoms with E-state index in [1.807, 2.05) is 0 Å². The van der Waals surface area contributed by atoms with Crippen molar-refractivity contribution < 1.29 is 13.9 Å². The van der Waals surface area contributed by atoms with E-state index in [0.29, 0.717) is 11.1 Å². The Morgan fingerprint density at radius 2 is 1.86 bits per heavy atom. The number of hydrogen-bond acceptors (Lipinski definition) is 4. The molecule has 0 radical (unpaired) electrons. The maximum atomic E-state index is 13.8. The van der Waals surface area contributed by atoms with E-state index in [9.17, 15) is 9.18 Å². The summed E-state index contributed by atoms with van der Waals surface area (Å²) >= 11 is 0. The Morgan fingerprint density at radius 3 is 2.38 bits per heavy atom. The van der Waals surface area contributed by atoms with Crippen LogP contribution in [0.3, 0.4) is 0 Å². The first-order valence-electron chi connectivity index (χ1n) is 6.51. The molecule has 0 aliphatic carbocycles. The van der Waals surface area contributed by atoms with E-state index in [1.165, 1.54) is 12.3 Å². The van der Waals surface area contributed by atoms with Crippen molar-refractivity contribution in [2.24, 2.45) is 0 Å². The Balaban J connectivity index is 2.25. The lowest BCUT2D eigenvalue weighted by molar-refractivity contribution is 0.00696. The lowest BCUT2D eigenvalue weighted by Crippen LogP contribution is -2.23. The Bertz CT molecular complexity index is 661. The molecule has 110 valence electrons. The topological polar surface area (TPSA) is 65.2 Å². The van der Waals surface area contributed by atoms with Crippen molar-refractivity contribution in [3.63, 3.8) is 0 Å². The SMILES string of the molecule is CC(C)(C)OC(=O)c1ccc(-c2ncc(N)cc2F)cc1. The number of aromatic nitrogens is 1. The molecule has 1 heterocycles. The Labute approximate surface area is 122 Å². The number of nitrogens with two attached hydrogens (primary N) is 1. The van der Waals surface area contributed by atoms with Crippen LogP contribution in [0.25, 0.3) is 11.3 Å². The van der Waals surface area contributed by atoms with E-state index < -0.39 is 17.4 Å². The number of carbonyl (C=O) groups is 1. The first-order chi connectivity index (χ1) is 9.76. The smallest absolute Gasteiger partial charge is 0.338 e. The highest BCUT2D eigenvalue weighted by atomic mass is 19.1. The molecule has 0 bridgehead atoms. The molecule has 4 nitrogen and oxygen atoms in total. The third kappa shape index (κ3) is 3.78. The van der Waals surface area contributed by atoms with Gasteiger partial charge < -0.3 is 10.5 Å². The van der Waals surface area contributed by atoms with Gasteiger partial charge in [-0.25, -0.2) is 9.18 Å². The maximum Gasteiger partial charge on any atom is 0.338 e. The number of hydrogen-bond donors (Lipinski definition) is 1. The van der Waals surface area contributed by atoms with Crippen molar-refractivity contribution in [2.45, 2.75) is 26.4 Å². The van der Waals surface area contributed by atoms with Gasteiger partial charge in [0, 0.05) is 11.6 Å². The van der Waals surface area contributed by atoms with Gasteiger partial charge in [0.25, 0.3) is 0 Å². The molecule has 0 spiro atoms. The lowest BCUT2D eigenvalue weighted by atomic mass is 10.1. The molecule has 0 fully saturated rings. The number of rotatable bonds is 2. The van der Waals surface area contributed by atoms with Crippen LogP contribution in [0.2, 0.25) is 0 Å². The van der Waals surface area contributed by atoms with Crippen LogP contribution in [-0.2, 0) is 4.74 Å². The van der Waals surface area contributed by atoms with E-state index in [1.54, 1.807) is 45.0 Å². The monoisotopic (exact) mass is 288 g/mol. The van der Waals surface area contributed by atoms with Crippen LogP contribution in [0.1, 0.15) is 31.1 Å². The number of carbonyl (C=O) groups excluding carboxylic acids is 1. The average Bonchev–Trinajstić information content (AvgIpc) is 2.37. The van der Waals surface area contributed by atoms with Crippen LogP contribution in [0.4, 0.5) is 10.1 Å². The van der Waals surface area contributed by atoms with E-state index in [2.05, 4.69) is 4.98 Å². The average molecular weight is 288 g/mol. The number of nitrogen functional groups attached to an aromatic ring is 1. The van der Waals surface area contributed by atoms with E-state index in [4.69, 9.17) is 10.5 Å². The standard InChI is InChI=1S/C16H17FN2O2/c1-16(2,3)21-15(20)11-6-4-10(5-7-11)14-13(17)8-12(18)9-19-14/h4-9H,18H2,1-3H3. The minimum absolute atomic E-state index is 0.194. The predicted molar refractivity (Wildman–Crippen MR) is 79.2 cm³/mol. The van der Waals surface area contributed by atoms with E-state index in [-0.39, 0.29) is 11.4 Å². The van der Waals surface area contributed by atoms with Crippen LogP contribution < -0.4 is 5.73 Å². The summed E-state index contributed by atoms with van der Waals surface area (Å²) in [4.78, 5) is 15.9. The molecule has 1 aromatic carbocycles. The molecule has 0 aliphatic heterocycles. The quantitative estimate of drug-likeness (QED) is 0.860. The molecule has 2 N–H and O–H groups in total. The molecule has 0 saturated carbocycles. The molecule has 2 aromatic rings. The second-order valence-electron chi connectivity index (χ2n) is 5.68. The largest absolute Gasteiger partial charge is 0.456 e. The highest BCUT2D eigenvalue weighted by Gasteiger charge is 2.18. The molecule has 0 unspecified atom stereocenters. The summed E-state index contributed by atoms with van der Waals surface area (Å²) in [5.41, 5.74) is 6.35. The van der Waals surface area contributed by atoms with Gasteiger partial charge in [-0.2, -0.15) is 0 Å². The second kappa shape index (κ2) is 5.52. The minimum atomic E-state index is -0.555. The van der Waals surface area contributed by atoms with Crippen LogP contribution in [-0.4, -0.2) is 16.6 Å². The predicted octanol–water partition coefficient (Wildman–Crippen LogP) is 3.43. The van der Waals surface area contributed by atoms with Crippen molar-refractivity contribution in [1.29, 1.82) is 0 Å². The van der Waals surface area contributed by atoms with Gasteiger partial charge in [0.05, 0.1) is 17.4 Å². The molecule has 2 rings (SSSR count). The number of pyridine rings is 1. The lowest BCUT2D eigenvalue weighted by Gasteiger charge is -2.19. The van der Waals surface area contributed by atoms with Gasteiger partial charge in [-0.1, -0.05) is 12.1 Å². The third-order valence-electron chi connectivity index (χ3n) is 2.66. The molecule has 0 atom stereocenters. The molecule has 0 saturated heterocycles. The zero-order chi connectivity index (χ0) is 15.6. The maximum absolute atomic E-state index is 13.8. The van der Waals surface area contributed by atoms with Gasteiger partial charge in [0.1, 0.15) is 11.3 Å². The van der Waals surface area contributed by atoms with E-state index >= 15 is 0 Å². The van der Waals surface area contributed by atoms with Crippen LogP contribution in [0.15, 0.2) is 36.5 Å². The van der Waals surface area contributed by atoms with Gasteiger partial charge in [0.2, 0.25) is 0 Å².